The molecular formula is C23H21F3N2O5. The molecule has 3 aromatic rings. The highest BCUT2D eigenvalue weighted by Crippen LogP contribution is 2.34. The van der Waals surface area contributed by atoms with Crippen LogP contribution in [0.4, 0.5) is 13.2 Å². The number of amides is 1. The van der Waals surface area contributed by atoms with Crippen LogP contribution in [0.2, 0.25) is 0 Å². The molecule has 3 rings (SSSR count). The largest absolute Gasteiger partial charge is 0.480 e. The second-order valence-electron chi connectivity index (χ2n) is 7.18. The zero-order chi connectivity index (χ0) is 24.3. The third kappa shape index (κ3) is 4.84. The van der Waals surface area contributed by atoms with Crippen molar-refractivity contribution in [1.29, 1.82) is 0 Å². The number of hydrogen-bond donors (Lipinski definition) is 1. The summed E-state index contributed by atoms with van der Waals surface area (Å²) < 4.78 is 51.2. The van der Waals surface area contributed by atoms with E-state index in [1.165, 1.54) is 19.2 Å². The zero-order valence-corrected chi connectivity index (χ0v) is 17.9. The quantitative estimate of drug-likeness (QED) is 0.315. The first kappa shape index (κ1) is 23.8. The lowest BCUT2D eigenvalue weighted by atomic mass is 9.98. The van der Waals surface area contributed by atoms with E-state index in [9.17, 15) is 27.6 Å². The average Bonchev–Trinajstić information content (AvgIpc) is 3.10. The van der Waals surface area contributed by atoms with E-state index < -0.39 is 36.0 Å². The van der Waals surface area contributed by atoms with Crippen molar-refractivity contribution in [2.24, 2.45) is 5.73 Å². The third-order valence-electron chi connectivity index (χ3n) is 5.14. The van der Waals surface area contributed by atoms with Crippen LogP contribution in [0.5, 0.6) is 5.75 Å². The van der Waals surface area contributed by atoms with Gasteiger partial charge in [0.25, 0.3) is 11.7 Å². The molecular weight excluding hydrogens is 441 g/mol. The Kier molecular flexibility index (Phi) is 6.75. The summed E-state index contributed by atoms with van der Waals surface area (Å²) >= 11 is 0. The fraction of sp³-hybridized carbons (Fsp3) is 0.261. The first-order valence-corrected chi connectivity index (χ1v) is 9.93. The molecule has 1 amide bonds. The lowest BCUT2D eigenvalue weighted by Crippen LogP contribution is -2.24. The number of carbonyl (C=O) groups excluding carboxylic acids is 3. The Bertz CT molecular complexity index is 1230. The number of benzene rings is 1. The highest BCUT2D eigenvalue weighted by Gasteiger charge is 2.31. The molecule has 0 bridgehead atoms. The van der Waals surface area contributed by atoms with Gasteiger partial charge in [0, 0.05) is 18.3 Å². The molecule has 0 atom stereocenters. The molecule has 2 N–H and O–H groups in total. The number of hydrogen-bond acceptors (Lipinski definition) is 5. The molecule has 33 heavy (non-hydrogen) atoms. The molecule has 0 aliphatic heterocycles. The lowest BCUT2D eigenvalue weighted by molar-refractivity contribution is -0.143. The number of nitrogens with two attached hydrogens (primary N) is 1. The van der Waals surface area contributed by atoms with Crippen molar-refractivity contribution in [3.8, 4) is 5.75 Å². The Labute approximate surface area is 186 Å². The topological polar surface area (TPSA) is 100 Å². The number of pyridine rings is 1. The van der Waals surface area contributed by atoms with Crippen LogP contribution in [0.15, 0.2) is 42.6 Å². The normalized spacial score (nSPS) is 11.4. The second-order valence-corrected chi connectivity index (χ2v) is 7.18. The first-order valence-electron chi connectivity index (χ1n) is 9.93. The van der Waals surface area contributed by atoms with Crippen molar-refractivity contribution in [2.75, 3.05) is 13.7 Å². The van der Waals surface area contributed by atoms with E-state index in [0.29, 0.717) is 23.2 Å². The number of ether oxygens (including phenoxy) is 2. The monoisotopic (exact) mass is 462 g/mol. The smallest absolute Gasteiger partial charge is 0.416 e. The van der Waals surface area contributed by atoms with Gasteiger partial charge >= 0.3 is 12.1 Å². The van der Waals surface area contributed by atoms with Gasteiger partial charge < -0.3 is 19.6 Å². The molecule has 1 aromatic carbocycles. The Balaban J connectivity index is 2.22. The SMILES string of the molecule is CCc1c(C(=O)C(N)=O)c2c(OCC(=O)OC)cccn2c1Cc1cccc(C(F)(F)F)c1. The number of alkyl halides is 3. The number of aromatic nitrogens is 1. The molecule has 0 fully saturated rings. The Hall–Kier alpha value is -3.82. The number of nitrogens with zero attached hydrogens (tertiary/aromatic N) is 1. The summed E-state index contributed by atoms with van der Waals surface area (Å²) in [5.41, 5.74) is 5.97. The van der Waals surface area contributed by atoms with Crippen LogP contribution in [0, 0.1) is 0 Å². The van der Waals surface area contributed by atoms with Gasteiger partial charge in [0.1, 0.15) is 5.75 Å². The molecule has 0 radical (unpaired) electrons. The predicted octanol–water partition coefficient (Wildman–Crippen LogP) is 3.33. The molecule has 10 heteroatoms. The standard InChI is InChI=1S/C23H21F3N2O5/c1-3-15-16(11-13-6-4-7-14(10-13)23(24,25)26)28-9-5-8-17(33-12-18(29)32-2)20(28)19(15)21(30)22(27)31/h4-10H,3,11-12H2,1-2H3,(H2,27,31). The van der Waals surface area contributed by atoms with Crippen LogP contribution in [-0.2, 0) is 33.3 Å². The van der Waals surface area contributed by atoms with E-state index in [1.54, 1.807) is 29.7 Å². The van der Waals surface area contributed by atoms with Crippen LogP contribution in [0.25, 0.3) is 5.52 Å². The number of esters is 1. The predicted molar refractivity (Wildman–Crippen MR) is 112 cm³/mol. The second kappa shape index (κ2) is 9.35. The van der Waals surface area contributed by atoms with Gasteiger partial charge in [-0.15, -0.1) is 0 Å². The van der Waals surface area contributed by atoms with E-state index in [4.69, 9.17) is 10.5 Å². The fourth-order valence-corrected chi connectivity index (χ4v) is 3.69. The Morgan fingerprint density at radius 3 is 2.45 bits per heavy atom. The van der Waals surface area contributed by atoms with Crippen molar-refractivity contribution in [1.82, 2.24) is 4.40 Å². The summed E-state index contributed by atoms with van der Waals surface area (Å²) in [6.45, 7) is 1.30. The van der Waals surface area contributed by atoms with Gasteiger partial charge in [-0.3, -0.25) is 9.59 Å². The van der Waals surface area contributed by atoms with Gasteiger partial charge in [-0.1, -0.05) is 25.1 Å². The Morgan fingerprint density at radius 2 is 1.85 bits per heavy atom. The minimum absolute atomic E-state index is 0.00700. The van der Waals surface area contributed by atoms with E-state index in [1.807, 2.05) is 0 Å². The van der Waals surface area contributed by atoms with Gasteiger partial charge in [0.05, 0.1) is 23.8 Å². The van der Waals surface area contributed by atoms with E-state index >= 15 is 0 Å². The molecule has 0 aliphatic rings. The van der Waals surface area contributed by atoms with E-state index in [0.717, 1.165) is 12.1 Å². The van der Waals surface area contributed by atoms with Crippen LogP contribution in [0.1, 0.15) is 39.7 Å². The summed E-state index contributed by atoms with van der Waals surface area (Å²) in [6.07, 6.45) is -2.57. The summed E-state index contributed by atoms with van der Waals surface area (Å²) in [4.78, 5) is 36.1. The van der Waals surface area contributed by atoms with Gasteiger partial charge in [-0.05, 0) is 35.7 Å². The van der Waals surface area contributed by atoms with Gasteiger partial charge in [0.15, 0.2) is 6.61 Å². The fourth-order valence-electron chi connectivity index (χ4n) is 3.69. The Morgan fingerprint density at radius 1 is 1.12 bits per heavy atom. The van der Waals surface area contributed by atoms with E-state index in [2.05, 4.69) is 4.74 Å². The summed E-state index contributed by atoms with van der Waals surface area (Å²) in [6, 6.07) is 7.95. The molecule has 174 valence electrons. The molecule has 0 saturated heterocycles. The number of rotatable bonds is 8. The highest BCUT2D eigenvalue weighted by molar-refractivity contribution is 6.44. The third-order valence-corrected chi connectivity index (χ3v) is 5.14. The van der Waals surface area contributed by atoms with Crippen molar-refractivity contribution < 1.29 is 37.0 Å². The highest BCUT2D eigenvalue weighted by atomic mass is 19.4. The van der Waals surface area contributed by atoms with Gasteiger partial charge in [-0.25, -0.2) is 4.79 Å². The van der Waals surface area contributed by atoms with Crippen molar-refractivity contribution in [2.45, 2.75) is 25.9 Å². The van der Waals surface area contributed by atoms with Gasteiger partial charge in [0.2, 0.25) is 0 Å². The van der Waals surface area contributed by atoms with Crippen LogP contribution in [-0.4, -0.2) is 35.8 Å². The summed E-state index contributed by atoms with van der Waals surface area (Å²) in [5.74, 6) is -2.69. The number of halogens is 3. The number of primary amides is 1. The van der Waals surface area contributed by atoms with Crippen LogP contribution in [0.3, 0.4) is 0 Å². The van der Waals surface area contributed by atoms with Crippen LogP contribution >= 0.6 is 0 Å². The van der Waals surface area contributed by atoms with Crippen LogP contribution < -0.4 is 10.5 Å². The molecule has 7 nitrogen and oxygen atoms in total. The maximum atomic E-state index is 13.2. The number of methoxy groups -OCH3 is 1. The maximum absolute atomic E-state index is 13.2. The zero-order valence-electron chi connectivity index (χ0n) is 17.9. The van der Waals surface area contributed by atoms with Gasteiger partial charge in [-0.2, -0.15) is 13.2 Å². The first-order chi connectivity index (χ1) is 15.6. The average molecular weight is 462 g/mol. The lowest BCUT2D eigenvalue weighted by Gasteiger charge is -2.11. The molecule has 0 spiro atoms. The molecule has 0 aliphatic carbocycles. The van der Waals surface area contributed by atoms with E-state index in [-0.39, 0.29) is 23.3 Å². The number of fused-ring (bicyclic) bond motifs is 1. The van der Waals surface area contributed by atoms with Crippen molar-refractivity contribution in [3.05, 3.63) is 70.5 Å². The molecule has 0 saturated carbocycles. The summed E-state index contributed by atoms with van der Waals surface area (Å²) in [7, 11) is 1.19. The minimum atomic E-state index is -4.51. The van der Waals surface area contributed by atoms with Crippen molar-refractivity contribution >= 4 is 23.2 Å². The minimum Gasteiger partial charge on any atom is -0.480 e. The number of ketones is 1. The number of carbonyl (C=O) groups is 3. The summed E-state index contributed by atoms with van der Waals surface area (Å²) in [5, 5.41) is 0. The molecule has 2 heterocycles. The maximum Gasteiger partial charge on any atom is 0.416 e. The molecule has 0 unspecified atom stereocenters. The molecule has 2 aromatic heterocycles. The van der Waals surface area contributed by atoms with Crippen molar-refractivity contribution in [3.63, 3.8) is 0 Å². The number of Topliss-reactive ketones (excluding diaryl/α,β-unsaturated/α-hetero) is 1.